The van der Waals surface area contributed by atoms with E-state index in [2.05, 4.69) is 43.1 Å². The molecule has 228 valence electrons. The number of carbonyl (C=O) groups excluding carboxylic acids is 1. The second-order valence-corrected chi connectivity index (χ2v) is 12.6. The summed E-state index contributed by atoms with van der Waals surface area (Å²) in [6.45, 7) is 10.8. The Morgan fingerprint density at radius 2 is 1.90 bits per heavy atom. The maximum Gasteiger partial charge on any atom is 0.221 e. The fourth-order valence-electron chi connectivity index (χ4n) is 6.71. The van der Waals surface area contributed by atoms with Crippen LogP contribution in [-0.4, -0.2) is 134 Å². The fourth-order valence-corrected chi connectivity index (χ4v) is 7.90. The van der Waals surface area contributed by atoms with Gasteiger partial charge < -0.3 is 29.5 Å². The van der Waals surface area contributed by atoms with Gasteiger partial charge in [-0.1, -0.05) is 17.8 Å². The number of amides is 1. The van der Waals surface area contributed by atoms with Crippen LogP contribution < -0.4 is 15.0 Å². The van der Waals surface area contributed by atoms with Crippen LogP contribution in [-0.2, 0) is 9.53 Å². The number of anilines is 1. The highest BCUT2D eigenvalue weighted by Crippen LogP contribution is 2.36. The average Bonchev–Trinajstić information content (AvgIpc) is 3.68. The number of aromatic nitrogens is 1. The zero-order valence-electron chi connectivity index (χ0n) is 24.9. The lowest BCUT2D eigenvalue weighted by atomic mass is 10.0. The van der Waals surface area contributed by atoms with Crippen molar-refractivity contribution in [1.29, 1.82) is 0 Å². The van der Waals surface area contributed by atoms with Crippen LogP contribution in [0.2, 0.25) is 0 Å². The Hall–Kier alpha value is -2.60. The van der Waals surface area contributed by atoms with Crippen molar-refractivity contribution >= 4 is 39.4 Å². The van der Waals surface area contributed by atoms with Gasteiger partial charge in [-0.2, -0.15) is 0 Å². The van der Waals surface area contributed by atoms with Gasteiger partial charge >= 0.3 is 0 Å². The quantitative estimate of drug-likeness (QED) is 0.470. The van der Waals surface area contributed by atoms with Crippen LogP contribution in [0.4, 0.5) is 5.69 Å². The van der Waals surface area contributed by atoms with E-state index in [0.717, 1.165) is 118 Å². The molecule has 0 aliphatic carbocycles. The molecule has 0 radical (unpaired) electrons. The molecule has 0 bridgehead atoms. The summed E-state index contributed by atoms with van der Waals surface area (Å²) in [6.07, 6.45) is 5.87. The molecule has 42 heavy (non-hydrogen) atoms. The Morgan fingerprint density at radius 3 is 2.74 bits per heavy atom. The van der Waals surface area contributed by atoms with Gasteiger partial charge in [0.15, 0.2) is 5.17 Å². The number of pyridine rings is 1. The molecule has 10 nitrogen and oxygen atoms in total. The lowest BCUT2D eigenvalue weighted by molar-refractivity contribution is -0.122. The predicted octanol–water partition coefficient (Wildman–Crippen LogP) is 2.53. The normalized spacial score (nSPS) is 23.2. The van der Waals surface area contributed by atoms with Gasteiger partial charge in [-0.25, -0.2) is 0 Å². The van der Waals surface area contributed by atoms with Crippen molar-refractivity contribution in [3.05, 3.63) is 30.5 Å². The number of amidine groups is 1. The van der Waals surface area contributed by atoms with Gasteiger partial charge in [0.2, 0.25) is 5.91 Å². The van der Waals surface area contributed by atoms with Crippen LogP contribution in [0.1, 0.15) is 25.7 Å². The summed E-state index contributed by atoms with van der Waals surface area (Å²) in [4.78, 5) is 33.1. The molecule has 1 aromatic heterocycles. The molecule has 3 saturated heterocycles. The van der Waals surface area contributed by atoms with Crippen molar-refractivity contribution in [2.45, 2.75) is 37.8 Å². The summed E-state index contributed by atoms with van der Waals surface area (Å²) < 4.78 is 11.4. The first-order chi connectivity index (χ1) is 20.7. The first kappa shape index (κ1) is 29.5. The lowest BCUT2D eigenvalue weighted by Crippen LogP contribution is -2.48. The molecule has 1 N–H and O–H groups in total. The molecular weight excluding hydrogens is 550 g/mol. The van der Waals surface area contributed by atoms with E-state index in [0.29, 0.717) is 6.42 Å². The van der Waals surface area contributed by atoms with E-state index >= 15 is 0 Å². The third kappa shape index (κ3) is 6.96. The number of likely N-dealkylation sites (tertiary alicyclic amines) is 1. The first-order valence-electron chi connectivity index (χ1n) is 15.6. The van der Waals surface area contributed by atoms with Crippen LogP contribution in [0.15, 0.2) is 35.5 Å². The van der Waals surface area contributed by atoms with Gasteiger partial charge in [-0.05, 0) is 50.6 Å². The molecule has 1 aromatic carbocycles. The van der Waals surface area contributed by atoms with Gasteiger partial charge in [0.25, 0.3) is 0 Å². The van der Waals surface area contributed by atoms with E-state index in [9.17, 15) is 4.79 Å². The number of morpholine rings is 1. The zero-order valence-corrected chi connectivity index (χ0v) is 25.7. The summed E-state index contributed by atoms with van der Waals surface area (Å²) in [7, 11) is 1.73. The van der Waals surface area contributed by atoms with Crippen molar-refractivity contribution in [1.82, 2.24) is 25.0 Å². The zero-order chi connectivity index (χ0) is 28.7. The highest BCUT2D eigenvalue weighted by molar-refractivity contribution is 8.14. The SMILES string of the molecule is COc1ccc2cccnc2c1N1CCCN(C(CC(=O)NCCN2CCCC2)C2CSC(N3CCOCC3)=N2)CC1. The van der Waals surface area contributed by atoms with Crippen LogP contribution >= 0.6 is 11.8 Å². The number of methoxy groups -OCH3 is 1. The molecule has 1 amide bonds. The molecule has 4 aliphatic heterocycles. The molecule has 2 unspecified atom stereocenters. The Bertz CT molecular complexity index is 1230. The number of ether oxygens (including phenoxy) is 2. The molecule has 6 rings (SSSR count). The number of benzene rings is 1. The number of fused-ring (bicyclic) bond motifs is 1. The van der Waals surface area contributed by atoms with Crippen molar-refractivity contribution in [3.63, 3.8) is 0 Å². The second-order valence-electron chi connectivity index (χ2n) is 11.6. The summed E-state index contributed by atoms with van der Waals surface area (Å²) >= 11 is 1.84. The van der Waals surface area contributed by atoms with E-state index in [4.69, 9.17) is 19.5 Å². The Kier molecular flexibility index (Phi) is 10.00. The molecule has 2 aromatic rings. The summed E-state index contributed by atoms with van der Waals surface area (Å²) in [5, 5.41) is 5.47. The first-order valence-corrected chi connectivity index (χ1v) is 16.6. The van der Waals surface area contributed by atoms with Crippen LogP contribution in [0.3, 0.4) is 0 Å². The van der Waals surface area contributed by atoms with Crippen LogP contribution in [0.25, 0.3) is 10.9 Å². The number of thioether (sulfide) groups is 1. The monoisotopic (exact) mass is 595 g/mol. The van der Waals surface area contributed by atoms with Crippen LogP contribution in [0.5, 0.6) is 5.75 Å². The lowest BCUT2D eigenvalue weighted by Gasteiger charge is -2.33. The van der Waals surface area contributed by atoms with Crippen LogP contribution in [0, 0.1) is 0 Å². The van der Waals surface area contributed by atoms with Gasteiger partial charge in [0, 0.05) is 82.2 Å². The minimum Gasteiger partial charge on any atom is -0.494 e. The Morgan fingerprint density at radius 1 is 1.05 bits per heavy atom. The Labute approximate surface area is 253 Å². The van der Waals surface area contributed by atoms with E-state index in [-0.39, 0.29) is 18.0 Å². The number of hydrogen-bond donors (Lipinski definition) is 1. The van der Waals surface area contributed by atoms with E-state index in [1.165, 1.54) is 12.8 Å². The van der Waals surface area contributed by atoms with Crippen molar-refractivity contribution in [2.24, 2.45) is 4.99 Å². The van der Waals surface area contributed by atoms with Gasteiger partial charge in [-0.3, -0.25) is 19.7 Å². The second kappa shape index (κ2) is 14.2. The number of aliphatic imine (C=N–C) groups is 1. The number of nitrogens with zero attached hydrogens (tertiary/aromatic N) is 6. The largest absolute Gasteiger partial charge is 0.494 e. The minimum absolute atomic E-state index is 0.0651. The molecule has 0 spiro atoms. The third-order valence-electron chi connectivity index (χ3n) is 8.98. The highest BCUT2D eigenvalue weighted by atomic mass is 32.2. The highest BCUT2D eigenvalue weighted by Gasteiger charge is 2.36. The van der Waals surface area contributed by atoms with E-state index in [1.807, 2.05) is 24.0 Å². The predicted molar refractivity (Wildman–Crippen MR) is 170 cm³/mol. The van der Waals surface area contributed by atoms with Crippen molar-refractivity contribution in [2.75, 3.05) is 96.4 Å². The maximum atomic E-state index is 13.3. The van der Waals surface area contributed by atoms with E-state index < -0.39 is 0 Å². The average molecular weight is 596 g/mol. The Balaban J connectivity index is 1.17. The molecule has 4 aliphatic rings. The van der Waals surface area contributed by atoms with Crippen molar-refractivity contribution in [3.8, 4) is 5.75 Å². The van der Waals surface area contributed by atoms with E-state index in [1.54, 1.807) is 7.11 Å². The summed E-state index contributed by atoms with van der Waals surface area (Å²) in [5.74, 6) is 1.91. The molecule has 11 heteroatoms. The maximum absolute atomic E-state index is 13.3. The van der Waals surface area contributed by atoms with Gasteiger partial charge in [-0.15, -0.1) is 0 Å². The van der Waals surface area contributed by atoms with Crippen molar-refractivity contribution < 1.29 is 14.3 Å². The minimum atomic E-state index is 0.0651. The number of nitrogens with one attached hydrogen (secondary N) is 1. The third-order valence-corrected chi connectivity index (χ3v) is 10.1. The molecule has 3 fully saturated rings. The molecular formula is C31H45N7O3S. The molecule has 0 saturated carbocycles. The molecule has 2 atom stereocenters. The summed E-state index contributed by atoms with van der Waals surface area (Å²) in [5.41, 5.74) is 2.05. The number of rotatable bonds is 9. The number of hydrogen-bond acceptors (Lipinski definition) is 10. The standard InChI is InChI=1S/C31H45N7O3S/c1-40-27-8-7-24-6-4-9-33-29(24)30(27)37-14-5-13-36(16-17-37)26(22-28(39)32-10-15-35-11-2-3-12-35)25-23-42-31(34-25)38-18-20-41-21-19-38/h4,6-9,25-26H,2-3,5,10-23H2,1H3,(H,32,39). The smallest absolute Gasteiger partial charge is 0.221 e. The summed E-state index contributed by atoms with van der Waals surface area (Å²) in [6, 6.07) is 8.38. The number of carbonyl (C=O) groups is 1. The molecule has 5 heterocycles. The van der Waals surface area contributed by atoms with Gasteiger partial charge in [0.05, 0.1) is 31.9 Å². The topological polar surface area (TPSA) is 85.8 Å². The fraction of sp³-hybridized carbons (Fsp3) is 0.645. The van der Waals surface area contributed by atoms with Gasteiger partial charge in [0.1, 0.15) is 11.4 Å².